The molecule has 0 radical (unpaired) electrons. The fraction of sp³-hybridized carbons (Fsp3) is 0.0625. The predicted octanol–water partition coefficient (Wildman–Crippen LogP) is 6.57. The first-order chi connectivity index (χ1) is 18.1. The van der Waals surface area contributed by atoms with Gasteiger partial charge in [0, 0.05) is 16.7 Å². The van der Waals surface area contributed by atoms with Crippen molar-refractivity contribution in [1.29, 1.82) is 0 Å². The van der Waals surface area contributed by atoms with Gasteiger partial charge in [-0.1, -0.05) is 78.9 Å². The molecule has 1 heterocycles. The summed E-state index contributed by atoms with van der Waals surface area (Å²) < 4.78 is 7.52. The fourth-order valence-electron chi connectivity index (χ4n) is 5.12. The third-order valence-corrected chi connectivity index (χ3v) is 6.71. The SMILES string of the molecule is CCOc1ccc(-c2c3c(n(-c4ccccc4N)c2-c2ccccc2)C(=O)c2ccccc2C3=O)cc1. The Hall–Kier alpha value is -4.90. The zero-order chi connectivity index (χ0) is 25.5. The number of aromatic nitrogens is 1. The van der Waals surface area contributed by atoms with E-state index in [9.17, 15) is 9.59 Å². The highest BCUT2D eigenvalue weighted by molar-refractivity contribution is 6.31. The van der Waals surface area contributed by atoms with Gasteiger partial charge in [-0.05, 0) is 42.3 Å². The molecule has 5 nitrogen and oxygen atoms in total. The van der Waals surface area contributed by atoms with Crippen LogP contribution < -0.4 is 10.5 Å². The number of ether oxygens (including phenoxy) is 1. The molecule has 0 fully saturated rings. The lowest BCUT2D eigenvalue weighted by atomic mass is 9.84. The number of benzene rings is 4. The number of nitrogens with two attached hydrogens (primary N) is 1. The van der Waals surface area contributed by atoms with Crippen LogP contribution >= 0.6 is 0 Å². The van der Waals surface area contributed by atoms with Crippen molar-refractivity contribution in [1.82, 2.24) is 4.57 Å². The molecule has 5 aromatic rings. The lowest BCUT2D eigenvalue weighted by Gasteiger charge is -2.19. The monoisotopic (exact) mass is 484 g/mol. The highest BCUT2D eigenvalue weighted by Gasteiger charge is 2.39. The lowest BCUT2D eigenvalue weighted by Crippen LogP contribution is -2.23. The van der Waals surface area contributed by atoms with E-state index < -0.39 is 0 Å². The van der Waals surface area contributed by atoms with Crippen LogP contribution in [0, 0.1) is 0 Å². The summed E-state index contributed by atoms with van der Waals surface area (Å²) in [4.78, 5) is 28.2. The van der Waals surface area contributed by atoms with Crippen LogP contribution in [0.15, 0.2) is 103 Å². The number of anilines is 1. The van der Waals surface area contributed by atoms with Crippen molar-refractivity contribution >= 4 is 17.3 Å². The van der Waals surface area contributed by atoms with E-state index in [-0.39, 0.29) is 11.6 Å². The van der Waals surface area contributed by atoms with Crippen molar-refractivity contribution in [2.24, 2.45) is 0 Å². The van der Waals surface area contributed by atoms with Crippen molar-refractivity contribution in [2.45, 2.75) is 6.92 Å². The molecule has 4 aromatic carbocycles. The Bertz CT molecular complexity index is 1660. The number of para-hydroxylation sites is 2. The topological polar surface area (TPSA) is 74.3 Å². The maximum Gasteiger partial charge on any atom is 0.211 e. The third-order valence-electron chi connectivity index (χ3n) is 6.71. The van der Waals surface area contributed by atoms with Gasteiger partial charge in [-0.2, -0.15) is 0 Å². The molecule has 180 valence electrons. The maximum atomic E-state index is 14.1. The van der Waals surface area contributed by atoms with Gasteiger partial charge in [0.15, 0.2) is 5.78 Å². The van der Waals surface area contributed by atoms with Crippen LogP contribution in [-0.2, 0) is 0 Å². The van der Waals surface area contributed by atoms with Gasteiger partial charge in [-0.3, -0.25) is 9.59 Å². The Kier molecular flexibility index (Phi) is 5.46. The Labute approximate surface area is 214 Å². The molecule has 1 aliphatic rings. The van der Waals surface area contributed by atoms with E-state index in [1.807, 2.05) is 84.3 Å². The van der Waals surface area contributed by atoms with E-state index in [2.05, 4.69) is 0 Å². The number of ketones is 2. The molecular formula is C32H24N2O3. The largest absolute Gasteiger partial charge is 0.494 e. The molecular weight excluding hydrogens is 460 g/mol. The van der Waals surface area contributed by atoms with E-state index in [1.165, 1.54) is 0 Å². The van der Waals surface area contributed by atoms with Crippen molar-refractivity contribution in [2.75, 3.05) is 12.3 Å². The summed E-state index contributed by atoms with van der Waals surface area (Å²) in [6.07, 6.45) is 0. The average Bonchev–Trinajstić information content (AvgIpc) is 3.29. The molecule has 5 heteroatoms. The normalized spacial score (nSPS) is 12.2. The zero-order valence-electron chi connectivity index (χ0n) is 20.3. The first-order valence-electron chi connectivity index (χ1n) is 12.2. The number of carbonyl (C=O) groups is 2. The summed E-state index contributed by atoms with van der Waals surface area (Å²) in [6, 6.07) is 31.9. The molecule has 0 bridgehead atoms. The summed E-state index contributed by atoms with van der Waals surface area (Å²) in [5.41, 5.74) is 12.3. The van der Waals surface area contributed by atoms with E-state index >= 15 is 0 Å². The molecule has 37 heavy (non-hydrogen) atoms. The number of nitrogens with zero attached hydrogens (tertiary/aromatic N) is 1. The van der Waals surface area contributed by atoms with Gasteiger partial charge in [0.1, 0.15) is 11.4 Å². The predicted molar refractivity (Wildman–Crippen MR) is 146 cm³/mol. The average molecular weight is 485 g/mol. The van der Waals surface area contributed by atoms with Crippen molar-refractivity contribution in [3.63, 3.8) is 0 Å². The van der Waals surface area contributed by atoms with Crippen LogP contribution in [0.2, 0.25) is 0 Å². The van der Waals surface area contributed by atoms with E-state index in [4.69, 9.17) is 10.5 Å². The van der Waals surface area contributed by atoms with E-state index in [0.29, 0.717) is 45.9 Å². The molecule has 0 saturated carbocycles. The molecule has 1 aromatic heterocycles. The van der Waals surface area contributed by atoms with Crippen LogP contribution in [0.1, 0.15) is 38.9 Å². The van der Waals surface area contributed by atoms with Crippen LogP contribution in [0.5, 0.6) is 5.75 Å². The first-order valence-corrected chi connectivity index (χ1v) is 12.2. The Morgan fingerprint density at radius 1 is 0.649 bits per heavy atom. The lowest BCUT2D eigenvalue weighted by molar-refractivity contribution is 0.0975. The summed E-state index contributed by atoms with van der Waals surface area (Å²) in [5, 5.41) is 0. The number of rotatable bonds is 5. The minimum Gasteiger partial charge on any atom is -0.494 e. The number of hydrogen-bond acceptors (Lipinski definition) is 4. The van der Waals surface area contributed by atoms with Gasteiger partial charge in [-0.15, -0.1) is 0 Å². The first kappa shape index (κ1) is 22.6. The van der Waals surface area contributed by atoms with Gasteiger partial charge in [0.2, 0.25) is 5.78 Å². The van der Waals surface area contributed by atoms with Crippen molar-refractivity contribution in [3.8, 4) is 33.8 Å². The molecule has 0 unspecified atom stereocenters. The number of nitrogen functional groups attached to an aromatic ring is 1. The van der Waals surface area contributed by atoms with Crippen LogP contribution in [-0.4, -0.2) is 22.7 Å². The van der Waals surface area contributed by atoms with E-state index in [0.717, 1.165) is 22.6 Å². The minimum atomic E-state index is -0.206. The standard InChI is InChI=1S/C32H24N2O3/c1-2-37-22-18-16-20(17-19-22)27-28-30(32(36)24-13-7-6-12-23(24)31(28)35)34(26-15-9-8-14-25(26)33)29(27)21-10-4-3-5-11-21/h3-19H,2,33H2,1H3. The second kappa shape index (κ2) is 8.95. The molecule has 0 spiro atoms. The minimum absolute atomic E-state index is 0.181. The number of hydrogen-bond donors (Lipinski definition) is 1. The fourth-order valence-corrected chi connectivity index (χ4v) is 5.12. The molecule has 2 N–H and O–H groups in total. The van der Waals surface area contributed by atoms with Gasteiger partial charge < -0.3 is 15.0 Å². The zero-order valence-corrected chi connectivity index (χ0v) is 20.3. The molecule has 0 saturated heterocycles. The quantitative estimate of drug-likeness (QED) is 0.281. The Morgan fingerprint density at radius 2 is 1.27 bits per heavy atom. The van der Waals surface area contributed by atoms with Gasteiger partial charge >= 0.3 is 0 Å². The highest BCUT2D eigenvalue weighted by Crippen LogP contribution is 2.46. The van der Waals surface area contributed by atoms with Crippen molar-refractivity contribution in [3.05, 3.63) is 126 Å². The third kappa shape index (κ3) is 3.55. The molecule has 0 amide bonds. The van der Waals surface area contributed by atoms with Gasteiger partial charge in [-0.25, -0.2) is 0 Å². The molecule has 0 atom stereocenters. The van der Waals surface area contributed by atoms with Crippen LogP contribution in [0.3, 0.4) is 0 Å². The van der Waals surface area contributed by atoms with Crippen LogP contribution in [0.25, 0.3) is 28.1 Å². The summed E-state index contributed by atoms with van der Waals surface area (Å²) >= 11 is 0. The Balaban J connectivity index is 1.77. The van der Waals surface area contributed by atoms with Gasteiger partial charge in [0.05, 0.1) is 29.2 Å². The second-order valence-corrected chi connectivity index (χ2v) is 8.87. The summed E-state index contributed by atoms with van der Waals surface area (Å²) in [7, 11) is 0. The molecule has 1 aliphatic carbocycles. The number of carbonyl (C=O) groups excluding carboxylic acids is 2. The second-order valence-electron chi connectivity index (χ2n) is 8.87. The highest BCUT2D eigenvalue weighted by atomic mass is 16.5. The van der Waals surface area contributed by atoms with Crippen LogP contribution in [0.4, 0.5) is 5.69 Å². The van der Waals surface area contributed by atoms with E-state index in [1.54, 1.807) is 30.3 Å². The molecule has 0 aliphatic heterocycles. The van der Waals surface area contributed by atoms with Gasteiger partial charge in [0.25, 0.3) is 0 Å². The Morgan fingerprint density at radius 3 is 1.95 bits per heavy atom. The number of fused-ring (bicyclic) bond motifs is 2. The molecule has 6 rings (SSSR count). The maximum absolute atomic E-state index is 14.1. The summed E-state index contributed by atoms with van der Waals surface area (Å²) in [5.74, 6) is 0.350. The van der Waals surface area contributed by atoms with Crippen molar-refractivity contribution < 1.29 is 14.3 Å². The summed E-state index contributed by atoms with van der Waals surface area (Å²) in [6.45, 7) is 2.49. The smallest absolute Gasteiger partial charge is 0.211 e.